The van der Waals surface area contributed by atoms with E-state index in [1.807, 2.05) is 54.1 Å². The van der Waals surface area contributed by atoms with E-state index in [4.69, 9.17) is 0 Å². The predicted molar refractivity (Wildman–Crippen MR) is 96.9 cm³/mol. The predicted octanol–water partition coefficient (Wildman–Crippen LogP) is 4.46. The molecule has 116 valence electrons. The Morgan fingerprint density at radius 2 is 2.09 bits per heavy atom. The summed E-state index contributed by atoms with van der Waals surface area (Å²) in [5, 5.41) is 7.10. The summed E-state index contributed by atoms with van der Waals surface area (Å²) < 4.78 is 0. The number of rotatable bonds is 5. The SMILES string of the molecule is CSc1ccccc1C(=O)NCc1cccnc1-c1ccsc1. The maximum atomic E-state index is 12.5. The molecule has 0 aliphatic carbocycles. The first-order chi connectivity index (χ1) is 11.3. The minimum atomic E-state index is -0.0601. The molecule has 0 fully saturated rings. The molecule has 2 aromatic heterocycles. The standard InChI is InChI=1S/C18H16N2OS2/c1-22-16-7-3-2-6-15(16)18(21)20-11-13-5-4-9-19-17(13)14-8-10-23-12-14/h2-10,12H,11H2,1H3,(H,20,21). The van der Waals surface area contributed by atoms with Gasteiger partial charge in [0.1, 0.15) is 0 Å². The number of hydrogen-bond acceptors (Lipinski definition) is 4. The summed E-state index contributed by atoms with van der Waals surface area (Å²) in [5.74, 6) is -0.0601. The van der Waals surface area contributed by atoms with E-state index in [9.17, 15) is 4.79 Å². The van der Waals surface area contributed by atoms with Gasteiger partial charge >= 0.3 is 0 Å². The van der Waals surface area contributed by atoms with Crippen molar-refractivity contribution in [2.45, 2.75) is 11.4 Å². The maximum Gasteiger partial charge on any atom is 0.252 e. The molecule has 1 amide bonds. The van der Waals surface area contributed by atoms with Crippen molar-refractivity contribution in [3.05, 3.63) is 70.5 Å². The van der Waals surface area contributed by atoms with Crippen molar-refractivity contribution < 1.29 is 4.79 Å². The Balaban J connectivity index is 1.78. The molecule has 1 aromatic carbocycles. The van der Waals surface area contributed by atoms with Crippen LogP contribution in [0.25, 0.3) is 11.3 Å². The molecule has 0 spiro atoms. The first kappa shape index (κ1) is 15.8. The Kier molecular flexibility index (Phi) is 5.10. The zero-order chi connectivity index (χ0) is 16.1. The topological polar surface area (TPSA) is 42.0 Å². The van der Waals surface area contributed by atoms with Gasteiger partial charge in [-0.05, 0) is 41.5 Å². The van der Waals surface area contributed by atoms with E-state index in [1.165, 1.54) is 0 Å². The molecule has 5 heteroatoms. The molecule has 0 radical (unpaired) electrons. The number of carbonyl (C=O) groups is 1. The van der Waals surface area contributed by atoms with E-state index in [1.54, 1.807) is 29.3 Å². The maximum absolute atomic E-state index is 12.5. The summed E-state index contributed by atoms with van der Waals surface area (Å²) in [6, 6.07) is 13.6. The van der Waals surface area contributed by atoms with Gasteiger partial charge in [0, 0.05) is 28.6 Å². The number of pyridine rings is 1. The lowest BCUT2D eigenvalue weighted by Crippen LogP contribution is -2.23. The minimum Gasteiger partial charge on any atom is -0.348 e. The van der Waals surface area contributed by atoms with Crippen LogP contribution >= 0.6 is 23.1 Å². The van der Waals surface area contributed by atoms with Gasteiger partial charge in [-0.15, -0.1) is 11.8 Å². The summed E-state index contributed by atoms with van der Waals surface area (Å²) >= 11 is 3.21. The molecule has 23 heavy (non-hydrogen) atoms. The van der Waals surface area contributed by atoms with Gasteiger partial charge in [0.2, 0.25) is 0 Å². The Hall–Kier alpha value is -2.11. The zero-order valence-electron chi connectivity index (χ0n) is 12.7. The Labute approximate surface area is 143 Å². The normalized spacial score (nSPS) is 10.5. The Bertz CT molecular complexity index is 800. The molecule has 0 aliphatic heterocycles. The zero-order valence-corrected chi connectivity index (χ0v) is 14.3. The van der Waals surface area contributed by atoms with Crippen LogP contribution < -0.4 is 5.32 Å². The highest BCUT2D eigenvalue weighted by Gasteiger charge is 2.12. The van der Waals surface area contributed by atoms with Gasteiger partial charge in [-0.3, -0.25) is 9.78 Å². The third kappa shape index (κ3) is 3.63. The number of thioether (sulfide) groups is 1. The molecule has 0 saturated heterocycles. The monoisotopic (exact) mass is 340 g/mol. The van der Waals surface area contributed by atoms with Crippen molar-refractivity contribution in [3.63, 3.8) is 0 Å². The van der Waals surface area contributed by atoms with E-state index in [-0.39, 0.29) is 5.91 Å². The van der Waals surface area contributed by atoms with Gasteiger partial charge in [-0.25, -0.2) is 0 Å². The smallest absolute Gasteiger partial charge is 0.252 e. The fourth-order valence-corrected chi connectivity index (χ4v) is 3.58. The van der Waals surface area contributed by atoms with Crippen LogP contribution in [0, 0.1) is 0 Å². The lowest BCUT2D eigenvalue weighted by molar-refractivity contribution is 0.0948. The van der Waals surface area contributed by atoms with E-state index in [2.05, 4.69) is 15.7 Å². The van der Waals surface area contributed by atoms with E-state index in [0.29, 0.717) is 12.1 Å². The van der Waals surface area contributed by atoms with Crippen LogP contribution in [0.15, 0.2) is 64.3 Å². The average Bonchev–Trinajstić information content (AvgIpc) is 3.14. The molecule has 0 atom stereocenters. The molecule has 3 rings (SSSR count). The van der Waals surface area contributed by atoms with Gasteiger partial charge in [0.25, 0.3) is 5.91 Å². The fourth-order valence-electron chi connectivity index (χ4n) is 2.34. The second-order valence-electron chi connectivity index (χ2n) is 4.91. The van der Waals surface area contributed by atoms with Crippen LogP contribution in [0.5, 0.6) is 0 Å². The van der Waals surface area contributed by atoms with Crippen molar-refractivity contribution in [3.8, 4) is 11.3 Å². The van der Waals surface area contributed by atoms with Crippen LogP contribution in [0.3, 0.4) is 0 Å². The number of aromatic nitrogens is 1. The molecule has 0 unspecified atom stereocenters. The first-order valence-corrected chi connectivity index (χ1v) is 9.34. The third-order valence-corrected chi connectivity index (χ3v) is 4.96. The second kappa shape index (κ2) is 7.44. The van der Waals surface area contributed by atoms with Crippen molar-refractivity contribution in [2.75, 3.05) is 6.26 Å². The number of carbonyl (C=O) groups excluding carboxylic acids is 1. The van der Waals surface area contributed by atoms with Gasteiger partial charge in [0.05, 0.1) is 11.3 Å². The largest absolute Gasteiger partial charge is 0.348 e. The highest BCUT2D eigenvalue weighted by Crippen LogP contribution is 2.24. The van der Waals surface area contributed by atoms with Gasteiger partial charge in [-0.1, -0.05) is 18.2 Å². The van der Waals surface area contributed by atoms with E-state index >= 15 is 0 Å². The molecule has 0 bridgehead atoms. The van der Waals surface area contributed by atoms with Crippen molar-refractivity contribution in [1.29, 1.82) is 0 Å². The number of nitrogens with zero attached hydrogens (tertiary/aromatic N) is 1. The molecule has 0 aliphatic rings. The van der Waals surface area contributed by atoms with Crippen LogP contribution in [0.1, 0.15) is 15.9 Å². The molecule has 1 N–H and O–H groups in total. The first-order valence-electron chi connectivity index (χ1n) is 7.17. The van der Waals surface area contributed by atoms with Crippen molar-refractivity contribution in [2.24, 2.45) is 0 Å². The number of thiophene rings is 1. The molecule has 0 saturated carbocycles. The van der Waals surface area contributed by atoms with E-state index in [0.717, 1.165) is 21.7 Å². The number of hydrogen-bond donors (Lipinski definition) is 1. The number of nitrogens with one attached hydrogen (secondary N) is 1. The highest BCUT2D eigenvalue weighted by molar-refractivity contribution is 7.98. The fraction of sp³-hybridized carbons (Fsp3) is 0.111. The Morgan fingerprint density at radius 3 is 2.87 bits per heavy atom. The summed E-state index contributed by atoms with van der Waals surface area (Å²) in [6.07, 6.45) is 3.75. The summed E-state index contributed by atoms with van der Waals surface area (Å²) in [6.45, 7) is 0.459. The van der Waals surface area contributed by atoms with Crippen LogP contribution in [0.4, 0.5) is 0 Å². The van der Waals surface area contributed by atoms with E-state index < -0.39 is 0 Å². The van der Waals surface area contributed by atoms with Crippen LogP contribution in [-0.4, -0.2) is 17.1 Å². The van der Waals surface area contributed by atoms with Gasteiger partial charge in [0.15, 0.2) is 0 Å². The van der Waals surface area contributed by atoms with Crippen molar-refractivity contribution >= 4 is 29.0 Å². The number of amides is 1. The summed E-state index contributed by atoms with van der Waals surface area (Å²) in [4.78, 5) is 17.9. The van der Waals surface area contributed by atoms with Crippen LogP contribution in [0.2, 0.25) is 0 Å². The lowest BCUT2D eigenvalue weighted by atomic mass is 10.1. The summed E-state index contributed by atoms with van der Waals surface area (Å²) in [7, 11) is 0. The molecule has 2 heterocycles. The highest BCUT2D eigenvalue weighted by atomic mass is 32.2. The van der Waals surface area contributed by atoms with Gasteiger partial charge < -0.3 is 5.32 Å². The van der Waals surface area contributed by atoms with Gasteiger partial charge in [-0.2, -0.15) is 11.3 Å². The van der Waals surface area contributed by atoms with Crippen molar-refractivity contribution in [1.82, 2.24) is 10.3 Å². The third-order valence-electron chi connectivity index (χ3n) is 3.48. The Morgan fingerprint density at radius 1 is 1.22 bits per heavy atom. The molecule has 3 aromatic rings. The minimum absolute atomic E-state index is 0.0601. The van der Waals surface area contributed by atoms with Crippen LogP contribution in [-0.2, 0) is 6.54 Å². The quantitative estimate of drug-likeness (QED) is 0.697. The summed E-state index contributed by atoms with van der Waals surface area (Å²) in [5.41, 5.74) is 3.73. The molecular formula is C18H16N2OS2. The lowest BCUT2D eigenvalue weighted by Gasteiger charge is -2.10. The number of benzene rings is 1. The average molecular weight is 340 g/mol. The molecular weight excluding hydrogens is 324 g/mol. The second-order valence-corrected chi connectivity index (χ2v) is 6.53. The molecule has 3 nitrogen and oxygen atoms in total.